The van der Waals surface area contributed by atoms with Crippen LogP contribution in [-0.2, 0) is 0 Å². The number of nitrogens with one attached hydrogen (secondary N) is 2. The van der Waals surface area contributed by atoms with Gasteiger partial charge < -0.3 is 15.9 Å². The van der Waals surface area contributed by atoms with E-state index >= 15 is 0 Å². The lowest BCUT2D eigenvalue weighted by atomic mass is 9.78. The number of rotatable bonds is 7. The van der Waals surface area contributed by atoms with Gasteiger partial charge in [0.25, 0.3) is 0 Å². The van der Waals surface area contributed by atoms with Crippen LogP contribution in [0.25, 0.3) is 28.5 Å². The zero-order chi connectivity index (χ0) is 26.1. The Bertz CT molecular complexity index is 1470. The second-order valence-corrected chi connectivity index (χ2v) is 10.5. The van der Waals surface area contributed by atoms with Gasteiger partial charge in [-0.05, 0) is 65.6 Å². The van der Waals surface area contributed by atoms with Crippen LogP contribution < -0.4 is 21.3 Å². The van der Waals surface area contributed by atoms with E-state index in [1.54, 1.807) is 0 Å². The van der Waals surface area contributed by atoms with Crippen LogP contribution in [0.3, 0.4) is 0 Å². The number of pyridine rings is 1. The van der Waals surface area contributed by atoms with E-state index in [0.29, 0.717) is 18.4 Å². The summed E-state index contributed by atoms with van der Waals surface area (Å²) in [5, 5.41) is 0. The lowest BCUT2D eigenvalue weighted by Crippen LogP contribution is -2.31. The van der Waals surface area contributed by atoms with Gasteiger partial charge in [-0.15, -0.1) is 0 Å². The third-order valence-corrected chi connectivity index (χ3v) is 7.85. The first-order valence-electron chi connectivity index (χ1n) is 13.4. The monoisotopic (exact) mass is 502 g/mol. The fourth-order valence-corrected chi connectivity index (χ4v) is 5.64. The summed E-state index contributed by atoms with van der Waals surface area (Å²) in [4.78, 5) is 4.86. The van der Waals surface area contributed by atoms with Crippen LogP contribution in [-0.4, -0.2) is 17.6 Å². The first-order valence-corrected chi connectivity index (χ1v) is 13.4. The average molecular weight is 503 g/mol. The molecule has 0 spiro atoms. The number of benzene rings is 3. The van der Waals surface area contributed by atoms with E-state index < -0.39 is 0 Å². The van der Waals surface area contributed by atoms with Crippen molar-refractivity contribution in [3.05, 3.63) is 108 Å². The Balaban J connectivity index is 1.22. The maximum Gasteiger partial charge on any atom is 0.138 e. The fourth-order valence-electron chi connectivity index (χ4n) is 5.64. The van der Waals surface area contributed by atoms with Gasteiger partial charge in [0, 0.05) is 17.2 Å². The number of nitrogens with zero attached hydrogens (tertiary/aromatic N) is 1. The summed E-state index contributed by atoms with van der Waals surface area (Å²) in [5.74, 6) is 1.57. The van der Waals surface area contributed by atoms with Gasteiger partial charge in [-0.2, -0.15) is 0 Å². The van der Waals surface area contributed by atoms with Crippen molar-refractivity contribution in [2.75, 3.05) is 12.0 Å². The molecule has 5 nitrogen and oxygen atoms in total. The lowest BCUT2D eigenvalue weighted by molar-refractivity contribution is 0.266. The number of ether oxygens (including phenoxy) is 1. The molecular formula is C33H34N4O. The van der Waals surface area contributed by atoms with Crippen molar-refractivity contribution in [1.29, 1.82) is 0 Å². The van der Waals surface area contributed by atoms with Gasteiger partial charge in [0.1, 0.15) is 12.4 Å². The maximum absolute atomic E-state index is 6.59. The molecule has 0 bridgehead atoms. The Morgan fingerprint density at radius 1 is 0.921 bits per heavy atom. The smallest absolute Gasteiger partial charge is 0.138 e. The van der Waals surface area contributed by atoms with Crippen molar-refractivity contribution < 1.29 is 4.74 Å². The molecule has 4 aromatic rings. The third-order valence-electron chi connectivity index (χ3n) is 7.85. The van der Waals surface area contributed by atoms with Crippen LogP contribution >= 0.6 is 0 Å². The summed E-state index contributed by atoms with van der Waals surface area (Å²) < 4.78 is 6.24. The zero-order valence-electron chi connectivity index (χ0n) is 21.9. The SMILES string of the molecule is CC1NNc2ccc(-c3cc(OC[C@@H](N)CC4C=Cc5ccccc5C4C)cnc3-c3ccccc3)cc21. The summed E-state index contributed by atoms with van der Waals surface area (Å²) in [6, 6.07) is 27.7. The Morgan fingerprint density at radius 2 is 1.74 bits per heavy atom. The van der Waals surface area contributed by atoms with Gasteiger partial charge in [-0.3, -0.25) is 4.98 Å². The Kier molecular flexibility index (Phi) is 6.71. The maximum atomic E-state index is 6.59. The molecule has 2 aliphatic rings. The van der Waals surface area contributed by atoms with Gasteiger partial charge in [-0.1, -0.05) is 79.7 Å². The number of hydrogen-bond donors (Lipinski definition) is 3. The molecule has 3 unspecified atom stereocenters. The van der Waals surface area contributed by atoms with E-state index in [9.17, 15) is 0 Å². The highest BCUT2D eigenvalue weighted by Crippen LogP contribution is 2.38. The van der Waals surface area contributed by atoms with E-state index in [0.717, 1.165) is 40.2 Å². The molecule has 2 heterocycles. The van der Waals surface area contributed by atoms with Crippen LogP contribution in [0.15, 0.2) is 91.1 Å². The van der Waals surface area contributed by atoms with Crippen LogP contribution in [0.4, 0.5) is 5.69 Å². The quantitative estimate of drug-likeness (QED) is 0.255. The molecule has 192 valence electrons. The summed E-state index contributed by atoms with van der Waals surface area (Å²) in [6.45, 7) is 4.89. The molecule has 0 amide bonds. The number of nitrogens with two attached hydrogens (primary N) is 1. The molecule has 0 radical (unpaired) electrons. The predicted octanol–water partition coefficient (Wildman–Crippen LogP) is 6.95. The Labute approximate surface area is 224 Å². The highest BCUT2D eigenvalue weighted by Gasteiger charge is 2.24. The Hall–Kier alpha value is -3.93. The fraction of sp³-hybridized carbons (Fsp3) is 0.242. The normalized spacial score (nSPS) is 20.3. The van der Waals surface area contributed by atoms with Crippen molar-refractivity contribution in [2.45, 2.75) is 38.3 Å². The average Bonchev–Trinajstić information content (AvgIpc) is 3.33. The summed E-state index contributed by atoms with van der Waals surface area (Å²) in [6.07, 6.45) is 7.22. The molecule has 1 aliphatic carbocycles. The largest absolute Gasteiger partial charge is 0.490 e. The molecule has 3 aromatic carbocycles. The molecule has 4 atom stereocenters. The first-order chi connectivity index (χ1) is 18.6. The van der Waals surface area contributed by atoms with E-state index in [1.807, 2.05) is 24.4 Å². The molecular weight excluding hydrogens is 468 g/mol. The second-order valence-electron chi connectivity index (χ2n) is 10.5. The predicted molar refractivity (Wildman–Crippen MR) is 156 cm³/mol. The number of fused-ring (bicyclic) bond motifs is 2. The van der Waals surface area contributed by atoms with Gasteiger partial charge in [0.2, 0.25) is 0 Å². The van der Waals surface area contributed by atoms with E-state index in [1.165, 1.54) is 16.7 Å². The molecule has 1 aliphatic heterocycles. The molecule has 0 saturated carbocycles. The zero-order valence-corrected chi connectivity index (χ0v) is 21.9. The standard InChI is InChI=1S/C33H34N4O/c1-21-25(13-12-23-8-6-7-11-29(21)23)16-27(34)20-38-28-18-31(33(35-19-28)24-9-4-3-5-10-24)26-14-15-32-30(17-26)22(2)36-37-32/h3-15,17-19,21-22,25,27,36-37H,16,20,34H2,1-2H3/t21?,22?,25?,27-/m0/s1. The van der Waals surface area contributed by atoms with Gasteiger partial charge in [0.15, 0.2) is 0 Å². The van der Waals surface area contributed by atoms with Gasteiger partial charge >= 0.3 is 0 Å². The highest BCUT2D eigenvalue weighted by molar-refractivity contribution is 5.83. The first kappa shape index (κ1) is 24.4. The number of aromatic nitrogens is 1. The van der Waals surface area contributed by atoms with Gasteiger partial charge in [-0.25, -0.2) is 5.43 Å². The van der Waals surface area contributed by atoms with E-state index in [-0.39, 0.29) is 12.1 Å². The number of anilines is 1. The minimum Gasteiger partial charge on any atom is -0.490 e. The van der Waals surface area contributed by atoms with Crippen LogP contribution in [0.2, 0.25) is 0 Å². The molecule has 6 rings (SSSR count). The van der Waals surface area contributed by atoms with Crippen LogP contribution in [0, 0.1) is 5.92 Å². The van der Waals surface area contributed by atoms with Crippen LogP contribution in [0.1, 0.15) is 48.9 Å². The van der Waals surface area contributed by atoms with Crippen molar-refractivity contribution in [3.8, 4) is 28.1 Å². The molecule has 38 heavy (non-hydrogen) atoms. The van der Waals surface area contributed by atoms with Crippen molar-refractivity contribution in [3.63, 3.8) is 0 Å². The summed E-state index contributed by atoms with van der Waals surface area (Å²) in [5.41, 5.74) is 22.4. The molecule has 0 saturated heterocycles. The number of hydrazine groups is 1. The highest BCUT2D eigenvalue weighted by atomic mass is 16.5. The Morgan fingerprint density at radius 3 is 2.61 bits per heavy atom. The molecule has 4 N–H and O–H groups in total. The third kappa shape index (κ3) is 4.83. The van der Waals surface area contributed by atoms with Gasteiger partial charge in [0.05, 0.1) is 23.6 Å². The van der Waals surface area contributed by atoms with E-state index in [4.69, 9.17) is 15.5 Å². The lowest BCUT2D eigenvalue weighted by Gasteiger charge is -2.29. The minimum absolute atomic E-state index is 0.0763. The van der Waals surface area contributed by atoms with Crippen molar-refractivity contribution >= 4 is 11.8 Å². The molecule has 0 fully saturated rings. The van der Waals surface area contributed by atoms with E-state index in [2.05, 4.69) is 97.5 Å². The number of hydrogen-bond acceptors (Lipinski definition) is 5. The molecule has 1 aromatic heterocycles. The topological polar surface area (TPSA) is 72.2 Å². The molecule has 5 heteroatoms. The van der Waals surface area contributed by atoms with Crippen molar-refractivity contribution in [2.24, 2.45) is 11.7 Å². The van der Waals surface area contributed by atoms with Crippen molar-refractivity contribution in [1.82, 2.24) is 10.4 Å². The number of allylic oxidation sites excluding steroid dienone is 1. The minimum atomic E-state index is -0.0763. The summed E-state index contributed by atoms with van der Waals surface area (Å²) >= 11 is 0. The summed E-state index contributed by atoms with van der Waals surface area (Å²) in [7, 11) is 0. The second kappa shape index (κ2) is 10.4. The van der Waals surface area contributed by atoms with Crippen LogP contribution in [0.5, 0.6) is 5.75 Å².